The summed E-state index contributed by atoms with van der Waals surface area (Å²) >= 11 is 13.7. The van der Waals surface area contributed by atoms with Gasteiger partial charge in [-0.15, -0.1) is 11.3 Å². The quantitative estimate of drug-likeness (QED) is 0.671. The van der Waals surface area contributed by atoms with Crippen LogP contribution >= 0.6 is 34.5 Å². The Bertz CT molecular complexity index is 542. The first-order valence-electron chi connectivity index (χ1n) is 5.42. The number of halogens is 2. The molecule has 3 nitrogen and oxygen atoms in total. The minimum atomic E-state index is -0.0640. The third kappa shape index (κ3) is 3.22. The molecule has 6 heteroatoms. The van der Waals surface area contributed by atoms with Crippen molar-refractivity contribution in [3.05, 3.63) is 49.9 Å². The summed E-state index contributed by atoms with van der Waals surface area (Å²) in [5.74, 6) is 5.59. The summed E-state index contributed by atoms with van der Waals surface area (Å²) in [6.07, 6.45) is 0.652. The third-order valence-electron chi connectivity index (χ3n) is 2.63. The van der Waals surface area contributed by atoms with Gasteiger partial charge in [0.2, 0.25) is 0 Å². The van der Waals surface area contributed by atoms with Crippen LogP contribution in [0.15, 0.2) is 23.6 Å². The zero-order valence-electron chi connectivity index (χ0n) is 9.78. The van der Waals surface area contributed by atoms with Crippen LogP contribution in [0.1, 0.15) is 22.3 Å². The molecule has 3 N–H and O–H groups in total. The minimum absolute atomic E-state index is 0.0640. The van der Waals surface area contributed by atoms with Gasteiger partial charge >= 0.3 is 0 Å². The van der Waals surface area contributed by atoms with Gasteiger partial charge in [0.25, 0.3) is 0 Å². The number of thiazole rings is 1. The minimum Gasteiger partial charge on any atom is -0.271 e. The van der Waals surface area contributed by atoms with Gasteiger partial charge in [-0.1, -0.05) is 23.2 Å². The fourth-order valence-corrected chi connectivity index (χ4v) is 2.76. The third-order valence-corrected chi connectivity index (χ3v) is 4.02. The van der Waals surface area contributed by atoms with Crippen molar-refractivity contribution < 1.29 is 0 Å². The molecule has 0 amide bonds. The predicted octanol–water partition coefficient (Wildman–Crippen LogP) is 3.51. The zero-order valence-corrected chi connectivity index (χ0v) is 12.1. The molecule has 0 aliphatic heterocycles. The van der Waals surface area contributed by atoms with Crippen LogP contribution in [-0.2, 0) is 6.42 Å². The Morgan fingerprint density at radius 1 is 1.44 bits per heavy atom. The van der Waals surface area contributed by atoms with Crippen molar-refractivity contribution in [2.45, 2.75) is 19.4 Å². The molecule has 0 aliphatic carbocycles. The monoisotopic (exact) mass is 301 g/mol. The van der Waals surface area contributed by atoms with Crippen molar-refractivity contribution in [2.24, 2.45) is 5.84 Å². The highest BCUT2D eigenvalue weighted by Gasteiger charge is 2.15. The topological polar surface area (TPSA) is 50.9 Å². The molecule has 0 saturated heterocycles. The standard InChI is InChI=1S/C12H13Cl2N3S/c1-7-16-12(6-18-7)11(17-15)5-8-4-9(13)2-3-10(8)14/h2-4,6,11,17H,5,15H2,1H3. The highest BCUT2D eigenvalue weighted by Crippen LogP contribution is 2.26. The number of aryl methyl sites for hydroxylation is 1. The highest BCUT2D eigenvalue weighted by molar-refractivity contribution is 7.09. The lowest BCUT2D eigenvalue weighted by atomic mass is 10.0. The zero-order chi connectivity index (χ0) is 13.1. The molecule has 0 fully saturated rings. The number of rotatable bonds is 4. The molecule has 0 spiro atoms. The van der Waals surface area contributed by atoms with E-state index in [1.165, 1.54) is 0 Å². The lowest BCUT2D eigenvalue weighted by Gasteiger charge is -2.14. The molecule has 18 heavy (non-hydrogen) atoms. The molecule has 1 heterocycles. The van der Waals surface area contributed by atoms with Crippen LogP contribution in [0.5, 0.6) is 0 Å². The summed E-state index contributed by atoms with van der Waals surface area (Å²) in [6, 6.07) is 5.35. The Balaban J connectivity index is 2.22. The number of hydrazine groups is 1. The molecule has 1 aromatic heterocycles. The van der Waals surface area contributed by atoms with Gasteiger partial charge in [0.15, 0.2) is 0 Å². The van der Waals surface area contributed by atoms with Crippen LogP contribution in [-0.4, -0.2) is 4.98 Å². The second kappa shape index (κ2) is 5.99. The highest BCUT2D eigenvalue weighted by atomic mass is 35.5. The number of nitrogens with zero attached hydrogens (tertiary/aromatic N) is 1. The molecule has 2 aromatic rings. The number of hydrogen-bond acceptors (Lipinski definition) is 4. The SMILES string of the molecule is Cc1nc(C(Cc2cc(Cl)ccc2Cl)NN)cs1. The van der Waals surface area contributed by atoms with Crippen molar-refractivity contribution in [2.75, 3.05) is 0 Å². The lowest BCUT2D eigenvalue weighted by molar-refractivity contribution is 0.540. The Hall–Kier alpha value is -0.650. The Morgan fingerprint density at radius 2 is 2.22 bits per heavy atom. The van der Waals surface area contributed by atoms with Gasteiger partial charge in [0.05, 0.1) is 16.7 Å². The van der Waals surface area contributed by atoms with Gasteiger partial charge in [-0.3, -0.25) is 11.3 Å². The van der Waals surface area contributed by atoms with Crippen LogP contribution in [0.2, 0.25) is 10.0 Å². The van der Waals surface area contributed by atoms with E-state index in [2.05, 4.69) is 10.4 Å². The van der Waals surface area contributed by atoms with Crippen molar-refractivity contribution in [1.82, 2.24) is 10.4 Å². The average Bonchev–Trinajstić information content (AvgIpc) is 2.77. The van der Waals surface area contributed by atoms with Gasteiger partial charge in [-0.05, 0) is 37.1 Å². The first-order valence-corrected chi connectivity index (χ1v) is 7.06. The Labute approximate surface area is 120 Å². The van der Waals surface area contributed by atoms with E-state index in [4.69, 9.17) is 29.0 Å². The predicted molar refractivity (Wildman–Crippen MR) is 77.1 cm³/mol. The maximum absolute atomic E-state index is 6.14. The van der Waals surface area contributed by atoms with Crippen molar-refractivity contribution in [3.8, 4) is 0 Å². The molecular formula is C12H13Cl2N3S. The molecule has 0 bridgehead atoms. The van der Waals surface area contributed by atoms with E-state index in [0.717, 1.165) is 16.3 Å². The fourth-order valence-electron chi connectivity index (χ4n) is 1.71. The second-order valence-corrected chi connectivity index (χ2v) is 5.86. The van der Waals surface area contributed by atoms with E-state index in [-0.39, 0.29) is 6.04 Å². The van der Waals surface area contributed by atoms with Gasteiger partial charge in [-0.2, -0.15) is 0 Å². The molecule has 96 valence electrons. The number of benzene rings is 1. The molecule has 0 saturated carbocycles. The van der Waals surface area contributed by atoms with E-state index >= 15 is 0 Å². The summed E-state index contributed by atoms with van der Waals surface area (Å²) in [5.41, 5.74) is 4.65. The maximum atomic E-state index is 6.14. The average molecular weight is 302 g/mol. The van der Waals surface area contributed by atoms with Crippen LogP contribution in [0.4, 0.5) is 0 Å². The van der Waals surface area contributed by atoms with Crippen molar-refractivity contribution in [1.29, 1.82) is 0 Å². The summed E-state index contributed by atoms with van der Waals surface area (Å²) in [7, 11) is 0. The molecule has 1 atom stereocenters. The maximum Gasteiger partial charge on any atom is 0.0898 e. The van der Waals surface area contributed by atoms with Crippen LogP contribution < -0.4 is 11.3 Å². The summed E-state index contributed by atoms with van der Waals surface area (Å²) in [4.78, 5) is 4.43. The molecule has 0 aliphatic rings. The number of nitrogens with two attached hydrogens (primary N) is 1. The molecule has 1 unspecified atom stereocenters. The first kappa shape index (κ1) is 13.8. The van der Waals surface area contributed by atoms with Gasteiger partial charge in [-0.25, -0.2) is 4.98 Å². The largest absolute Gasteiger partial charge is 0.271 e. The Kier molecular flexibility index (Phi) is 4.59. The molecule has 0 radical (unpaired) electrons. The van der Waals surface area contributed by atoms with Gasteiger partial charge in [0.1, 0.15) is 0 Å². The van der Waals surface area contributed by atoms with Crippen LogP contribution in [0.25, 0.3) is 0 Å². The summed E-state index contributed by atoms with van der Waals surface area (Å²) in [6.45, 7) is 1.97. The van der Waals surface area contributed by atoms with Crippen LogP contribution in [0, 0.1) is 6.92 Å². The van der Waals surface area contributed by atoms with Gasteiger partial charge in [0, 0.05) is 15.4 Å². The van der Waals surface area contributed by atoms with E-state index in [9.17, 15) is 0 Å². The van der Waals surface area contributed by atoms with Crippen LogP contribution in [0.3, 0.4) is 0 Å². The van der Waals surface area contributed by atoms with Crippen molar-refractivity contribution in [3.63, 3.8) is 0 Å². The number of hydrogen-bond donors (Lipinski definition) is 2. The summed E-state index contributed by atoms with van der Waals surface area (Å²) < 4.78 is 0. The van der Waals surface area contributed by atoms with Crippen molar-refractivity contribution >= 4 is 34.5 Å². The van der Waals surface area contributed by atoms with E-state index in [1.54, 1.807) is 23.5 Å². The fraction of sp³-hybridized carbons (Fsp3) is 0.250. The lowest BCUT2D eigenvalue weighted by Crippen LogP contribution is -2.29. The normalized spacial score (nSPS) is 12.7. The smallest absolute Gasteiger partial charge is 0.0898 e. The molecule has 1 aromatic carbocycles. The van der Waals surface area contributed by atoms with E-state index in [0.29, 0.717) is 16.5 Å². The Morgan fingerprint density at radius 3 is 2.83 bits per heavy atom. The second-order valence-electron chi connectivity index (χ2n) is 3.95. The molecular weight excluding hydrogens is 289 g/mol. The first-order chi connectivity index (χ1) is 8.60. The van der Waals surface area contributed by atoms with Gasteiger partial charge < -0.3 is 0 Å². The summed E-state index contributed by atoms with van der Waals surface area (Å²) in [5, 5.41) is 4.37. The van der Waals surface area contributed by atoms with E-state index < -0.39 is 0 Å². The number of aromatic nitrogens is 1. The molecule has 2 rings (SSSR count). The number of nitrogens with one attached hydrogen (secondary N) is 1. The van der Waals surface area contributed by atoms with E-state index in [1.807, 2.05) is 18.4 Å².